The van der Waals surface area contributed by atoms with Crippen LogP contribution in [-0.2, 0) is 4.57 Å². The number of hydrogen-bond donors (Lipinski definition) is 9. The first-order valence-electron chi connectivity index (χ1n) is 2.44. The van der Waals surface area contributed by atoms with E-state index in [1.54, 1.807) is 0 Å². The van der Waals surface area contributed by atoms with Crippen molar-refractivity contribution in [2.45, 2.75) is 6.10 Å². The third-order valence-corrected chi connectivity index (χ3v) is 0.745. The van der Waals surface area contributed by atoms with Crippen LogP contribution in [0.1, 0.15) is 0 Å². The number of hydrogen-bond acceptors (Lipinski definition) is 7. The fourth-order valence-corrected chi connectivity index (χ4v) is 0.146. The highest BCUT2D eigenvalue weighted by Crippen LogP contribution is 2.25. The van der Waals surface area contributed by atoms with E-state index in [4.69, 9.17) is 41.1 Å². The van der Waals surface area contributed by atoms with E-state index in [0.717, 1.165) is 0 Å². The van der Waals surface area contributed by atoms with Crippen LogP contribution in [0.2, 0.25) is 0 Å². The van der Waals surface area contributed by atoms with Crippen molar-refractivity contribution < 1.29 is 29.5 Å². The SMILES string of the molecule is N.N.N.N.O=P(O)(O)O.OCC(O)CCl. The predicted molar refractivity (Wildman–Crippen MR) is 58.2 cm³/mol. The summed E-state index contributed by atoms with van der Waals surface area (Å²) in [5.74, 6) is 0.108. The fraction of sp³-hybridized carbons (Fsp3) is 1.00. The summed E-state index contributed by atoms with van der Waals surface area (Å²) >= 11 is 5.04. The van der Waals surface area contributed by atoms with Crippen molar-refractivity contribution in [3.63, 3.8) is 0 Å². The summed E-state index contributed by atoms with van der Waals surface area (Å²) in [7, 11) is -4.64. The molecule has 0 fully saturated rings. The second-order valence-corrected chi connectivity index (χ2v) is 2.84. The van der Waals surface area contributed by atoms with Gasteiger partial charge in [0.05, 0.1) is 18.6 Å². The van der Waals surface area contributed by atoms with Crippen LogP contribution < -0.4 is 24.6 Å². The van der Waals surface area contributed by atoms with Crippen LogP contribution in [0, 0.1) is 0 Å². The first kappa shape index (κ1) is 36.2. The Bertz CT molecular complexity index is 123. The molecule has 0 aromatic rings. The van der Waals surface area contributed by atoms with Gasteiger partial charge in [-0.25, -0.2) is 4.57 Å². The predicted octanol–water partition coefficient (Wildman–Crippen LogP) is -0.702. The van der Waals surface area contributed by atoms with Crippen LogP contribution in [-0.4, -0.2) is 43.5 Å². The zero-order valence-corrected chi connectivity index (χ0v) is 9.94. The molecule has 0 aliphatic rings. The number of halogens is 1. The molecule has 0 rings (SSSR count). The first-order valence-corrected chi connectivity index (χ1v) is 4.54. The second kappa shape index (κ2) is 19.7. The molecule has 12 heteroatoms. The summed E-state index contributed by atoms with van der Waals surface area (Å²) in [4.78, 5) is 21.6. The lowest BCUT2D eigenvalue weighted by Crippen LogP contribution is -2.12. The zero-order chi connectivity index (χ0) is 9.49. The van der Waals surface area contributed by atoms with E-state index >= 15 is 0 Å². The van der Waals surface area contributed by atoms with E-state index in [-0.39, 0.29) is 37.1 Å². The topological polar surface area (TPSA) is 258 Å². The van der Waals surface area contributed by atoms with Crippen molar-refractivity contribution in [3.8, 4) is 0 Å². The molecular weight excluding hydrogens is 254 g/mol. The third-order valence-electron chi connectivity index (χ3n) is 0.389. The van der Waals surface area contributed by atoms with E-state index in [0.29, 0.717) is 0 Å². The minimum absolute atomic E-state index is 0. The normalized spacial score (nSPS) is 9.73. The molecule has 1 unspecified atom stereocenters. The van der Waals surface area contributed by atoms with Crippen LogP contribution in [0.5, 0.6) is 0 Å². The van der Waals surface area contributed by atoms with Gasteiger partial charge in [0, 0.05) is 0 Å². The van der Waals surface area contributed by atoms with Gasteiger partial charge in [-0.1, -0.05) is 0 Å². The maximum Gasteiger partial charge on any atom is 0.466 e. The van der Waals surface area contributed by atoms with Crippen molar-refractivity contribution >= 4 is 19.4 Å². The lowest BCUT2D eigenvalue weighted by Gasteiger charge is -1.95. The molecule has 0 radical (unpaired) electrons. The highest BCUT2D eigenvalue weighted by Gasteiger charge is 2.00. The Morgan fingerprint density at radius 1 is 1.07 bits per heavy atom. The summed E-state index contributed by atoms with van der Waals surface area (Å²) in [6, 6.07) is 0. The Morgan fingerprint density at radius 2 is 1.27 bits per heavy atom. The van der Waals surface area contributed by atoms with E-state index in [2.05, 4.69) is 0 Å². The van der Waals surface area contributed by atoms with Crippen molar-refractivity contribution in [2.75, 3.05) is 12.5 Å². The molecule has 0 aromatic carbocycles. The number of phosphoric acid groups is 1. The maximum atomic E-state index is 8.88. The fourth-order valence-electron chi connectivity index (χ4n) is 0.0488. The molecule has 15 heavy (non-hydrogen) atoms. The average molecular weight is 277 g/mol. The summed E-state index contributed by atoms with van der Waals surface area (Å²) in [5.41, 5.74) is 0. The summed E-state index contributed by atoms with van der Waals surface area (Å²) in [6.45, 7) is -0.247. The van der Waals surface area contributed by atoms with Crippen molar-refractivity contribution in [1.82, 2.24) is 24.6 Å². The molecule has 10 nitrogen and oxygen atoms in total. The average Bonchev–Trinajstić information content (AvgIpc) is 1.83. The third kappa shape index (κ3) is 121. The van der Waals surface area contributed by atoms with Crippen LogP contribution in [0.3, 0.4) is 0 Å². The number of alkyl halides is 1. The quantitative estimate of drug-likeness (QED) is 0.226. The van der Waals surface area contributed by atoms with Crippen LogP contribution in [0.15, 0.2) is 0 Å². The molecule has 0 aliphatic carbocycles. The number of aliphatic hydroxyl groups is 2. The van der Waals surface area contributed by atoms with Gasteiger partial charge >= 0.3 is 7.82 Å². The smallest absolute Gasteiger partial charge is 0.394 e. The highest BCUT2D eigenvalue weighted by molar-refractivity contribution is 7.45. The van der Waals surface area contributed by atoms with E-state index in [1.807, 2.05) is 0 Å². The Balaban J connectivity index is -0.0000000215. The van der Waals surface area contributed by atoms with Gasteiger partial charge < -0.3 is 49.5 Å². The highest BCUT2D eigenvalue weighted by atomic mass is 35.5. The Labute approximate surface area is 92.8 Å². The molecule has 0 spiro atoms. The van der Waals surface area contributed by atoms with Gasteiger partial charge in [-0.2, -0.15) is 0 Å². The molecule has 0 aliphatic heterocycles. The molecule has 0 amide bonds. The van der Waals surface area contributed by atoms with Crippen LogP contribution in [0.25, 0.3) is 0 Å². The van der Waals surface area contributed by atoms with Crippen LogP contribution in [0.4, 0.5) is 0 Å². The van der Waals surface area contributed by atoms with Crippen molar-refractivity contribution in [3.05, 3.63) is 0 Å². The molecular formula is C3H22ClN4O6P. The minimum atomic E-state index is -4.64. The second-order valence-electron chi connectivity index (χ2n) is 1.50. The van der Waals surface area contributed by atoms with Crippen LogP contribution >= 0.6 is 19.4 Å². The van der Waals surface area contributed by atoms with Gasteiger partial charge in [0.25, 0.3) is 0 Å². The molecule has 102 valence electrons. The Morgan fingerprint density at radius 3 is 1.27 bits per heavy atom. The standard InChI is InChI=1S/C3H7ClO2.4H3N.H3O4P/c4-1-3(6)2-5;;;;;1-5(2,3)4/h3,5-6H,1-2H2;4*1H3;(H3,1,2,3,4). The van der Waals surface area contributed by atoms with Gasteiger partial charge in [-0.3, -0.25) is 0 Å². The molecule has 0 bridgehead atoms. The number of rotatable bonds is 2. The molecule has 0 heterocycles. The Kier molecular flexibility index (Phi) is 47.6. The molecule has 0 saturated carbocycles. The maximum absolute atomic E-state index is 8.88. The van der Waals surface area contributed by atoms with Crippen molar-refractivity contribution in [2.24, 2.45) is 0 Å². The lowest BCUT2D eigenvalue weighted by atomic mass is 10.5. The van der Waals surface area contributed by atoms with E-state index in [1.165, 1.54) is 0 Å². The zero-order valence-electron chi connectivity index (χ0n) is 8.29. The van der Waals surface area contributed by atoms with E-state index in [9.17, 15) is 0 Å². The molecule has 0 saturated heterocycles. The molecule has 1 atom stereocenters. The van der Waals surface area contributed by atoms with Gasteiger partial charge in [0.1, 0.15) is 0 Å². The van der Waals surface area contributed by atoms with Gasteiger partial charge in [-0.05, 0) is 0 Å². The summed E-state index contributed by atoms with van der Waals surface area (Å²) in [6.07, 6.45) is -0.744. The minimum Gasteiger partial charge on any atom is -0.394 e. The van der Waals surface area contributed by atoms with Crippen molar-refractivity contribution in [1.29, 1.82) is 0 Å². The monoisotopic (exact) mass is 276 g/mol. The number of aliphatic hydroxyl groups excluding tert-OH is 2. The summed E-state index contributed by atoms with van der Waals surface area (Å²) in [5, 5.41) is 16.3. The first-order chi connectivity index (χ1) is 4.81. The lowest BCUT2D eigenvalue weighted by molar-refractivity contribution is 0.112. The van der Waals surface area contributed by atoms with Gasteiger partial charge in [0.15, 0.2) is 0 Å². The molecule has 17 N–H and O–H groups in total. The summed E-state index contributed by atoms with van der Waals surface area (Å²) < 4.78 is 8.88. The largest absolute Gasteiger partial charge is 0.466 e. The van der Waals surface area contributed by atoms with E-state index < -0.39 is 13.9 Å². The molecule has 0 aromatic heterocycles. The van der Waals surface area contributed by atoms with Gasteiger partial charge in [-0.15, -0.1) is 11.6 Å². The van der Waals surface area contributed by atoms with Gasteiger partial charge in [0.2, 0.25) is 0 Å². The Hall–Kier alpha value is 0.160.